The SMILES string of the molecule is O=C(OCc1nc(-c2ccsc2)no1)c1cc(Br)c[nH]1. The topological polar surface area (TPSA) is 81.0 Å². The second kappa shape index (κ2) is 5.59. The van der Waals surface area contributed by atoms with Crippen molar-refractivity contribution in [1.82, 2.24) is 15.1 Å². The highest BCUT2D eigenvalue weighted by atomic mass is 79.9. The van der Waals surface area contributed by atoms with Gasteiger partial charge in [-0.25, -0.2) is 4.79 Å². The number of esters is 1. The zero-order valence-electron chi connectivity index (χ0n) is 10.00. The van der Waals surface area contributed by atoms with Gasteiger partial charge in [-0.15, -0.1) is 0 Å². The molecule has 0 aliphatic rings. The van der Waals surface area contributed by atoms with Crippen LogP contribution in [-0.2, 0) is 11.3 Å². The summed E-state index contributed by atoms with van der Waals surface area (Å²) in [6.07, 6.45) is 1.65. The predicted molar refractivity (Wildman–Crippen MR) is 75.2 cm³/mol. The number of aromatic nitrogens is 3. The van der Waals surface area contributed by atoms with Gasteiger partial charge < -0.3 is 14.2 Å². The molecule has 6 nitrogen and oxygen atoms in total. The Morgan fingerprint density at radius 1 is 1.55 bits per heavy atom. The molecule has 0 saturated heterocycles. The molecule has 0 unspecified atom stereocenters. The summed E-state index contributed by atoms with van der Waals surface area (Å²) < 4.78 is 10.9. The molecule has 3 aromatic rings. The molecule has 0 atom stereocenters. The number of halogens is 1. The number of aromatic amines is 1. The third-order valence-corrected chi connectivity index (χ3v) is 3.58. The number of nitrogens with one attached hydrogen (secondary N) is 1. The molecule has 1 N–H and O–H groups in total. The number of ether oxygens (including phenoxy) is 1. The van der Waals surface area contributed by atoms with Gasteiger partial charge in [0.25, 0.3) is 5.89 Å². The largest absolute Gasteiger partial charge is 0.451 e. The molecule has 0 radical (unpaired) electrons. The molecule has 0 saturated carbocycles. The minimum absolute atomic E-state index is 0.0629. The third kappa shape index (κ3) is 2.81. The standard InChI is InChI=1S/C12H8BrN3O3S/c13-8-3-9(14-4-8)12(17)18-5-10-15-11(16-19-10)7-1-2-20-6-7/h1-4,6,14H,5H2. The lowest BCUT2D eigenvalue weighted by Gasteiger charge is -1.98. The van der Waals surface area contributed by atoms with Crippen molar-refractivity contribution in [1.29, 1.82) is 0 Å². The first-order valence-corrected chi connectivity index (χ1v) is 7.32. The maximum atomic E-state index is 11.7. The lowest BCUT2D eigenvalue weighted by atomic mass is 10.3. The van der Waals surface area contributed by atoms with Gasteiger partial charge in [-0.1, -0.05) is 5.16 Å². The monoisotopic (exact) mass is 353 g/mol. The molecule has 3 heterocycles. The van der Waals surface area contributed by atoms with Gasteiger partial charge >= 0.3 is 5.97 Å². The van der Waals surface area contributed by atoms with Gasteiger partial charge in [-0.05, 0) is 33.4 Å². The van der Waals surface area contributed by atoms with E-state index < -0.39 is 5.97 Å². The van der Waals surface area contributed by atoms with Crippen molar-refractivity contribution in [2.45, 2.75) is 6.61 Å². The molecule has 8 heteroatoms. The molecule has 0 fully saturated rings. The maximum Gasteiger partial charge on any atom is 0.355 e. The van der Waals surface area contributed by atoms with Gasteiger partial charge in [0.15, 0.2) is 6.61 Å². The van der Waals surface area contributed by atoms with Crippen LogP contribution in [-0.4, -0.2) is 21.1 Å². The smallest absolute Gasteiger partial charge is 0.355 e. The fourth-order valence-corrected chi connectivity index (χ4v) is 2.49. The van der Waals surface area contributed by atoms with E-state index in [-0.39, 0.29) is 12.5 Å². The lowest BCUT2D eigenvalue weighted by Crippen LogP contribution is -2.05. The van der Waals surface area contributed by atoms with Crippen LogP contribution in [0.5, 0.6) is 0 Å². The van der Waals surface area contributed by atoms with E-state index in [0.717, 1.165) is 10.0 Å². The highest BCUT2D eigenvalue weighted by Crippen LogP contribution is 2.19. The molecule has 0 bridgehead atoms. The fourth-order valence-electron chi connectivity index (χ4n) is 1.51. The van der Waals surface area contributed by atoms with Crippen LogP contribution in [0.2, 0.25) is 0 Å². The summed E-state index contributed by atoms with van der Waals surface area (Å²) in [6, 6.07) is 3.52. The van der Waals surface area contributed by atoms with Crippen LogP contribution < -0.4 is 0 Å². The van der Waals surface area contributed by atoms with Crippen molar-refractivity contribution in [3.63, 3.8) is 0 Å². The molecule has 0 aliphatic heterocycles. The van der Waals surface area contributed by atoms with Gasteiger partial charge in [0.2, 0.25) is 5.82 Å². The summed E-state index contributed by atoms with van der Waals surface area (Å²) in [7, 11) is 0. The summed E-state index contributed by atoms with van der Waals surface area (Å²) >= 11 is 4.79. The van der Waals surface area contributed by atoms with Crippen LogP contribution in [0.1, 0.15) is 16.4 Å². The van der Waals surface area contributed by atoms with E-state index >= 15 is 0 Å². The Bertz CT molecular complexity index is 720. The molecule has 102 valence electrons. The summed E-state index contributed by atoms with van der Waals surface area (Å²) in [5.74, 6) is 0.260. The number of H-pyrrole nitrogens is 1. The van der Waals surface area contributed by atoms with E-state index in [1.165, 1.54) is 0 Å². The Hall–Kier alpha value is -1.93. The van der Waals surface area contributed by atoms with Crippen LogP contribution in [0.4, 0.5) is 0 Å². The first-order valence-electron chi connectivity index (χ1n) is 5.58. The van der Waals surface area contributed by atoms with Gasteiger partial charge in [0, 0.05) is 21.6 Å². The molecule has 0 spiro atoms. The Morgan fingerprint density at radius 2 is 2.45 bits per heavy atom. The number of rotatable bonds is 4. The van der Waals surface area contributed by atoms with Crippen LogP contribution in [0, 0.1) is 0 Å². The van der Waals surface area contributed by atoms with E-state index in [9.17, 15) is 4.79 Å². The average Bonchev–Trinajstić information content (AvgIpc) is 3.16. The van der Waals surface area contributed by atoms with Crippen LogP contribution >= 0.6 is 27.3 Å². The van der Waals surface area contributed by atoms with E-state index in [4.69, 9.17) is 9.26 Å². The van der Waals surface area contributed by atoms with Crippen molar-refractivity contribution >= 4 is 33.2 Å². The zero-order chi connectivity index (χ0) is 13.9. The maximum absolute atomic E-state index is 11.7. The molecule has 0 aliphatic carbocycles. The fraction of sp³-hybridized carbons (Fsp3) is 0.0833. The van der Waals surface area contributed by atoms with Crippen LogP contribution in [0.15, 0.2) is 38.1 Å². The molecular weight excluding hydrogens is 346 g/mol. The highest BCUT2D eigenvalue weighted by molar-refractivity contribution is 9.10. The first-order chi connectivity index (χ1) is 9.72. The van der Waals surface area contributed by atoms with Crippen molar-refractivity contribution < 1.29 is 14.1 Å². The quantitative estimate of drug-likeness (QED) is 0.728. The van der Waals surface area contributed by atoms with Crippen molar-refractivity contribution in [3.8, 4) is 11.4 Å². The predicted octanol–water partition coefficient (Wildman–Crippen LogP) is 3.25. The molecular formula is C12H8BrN3O3S. The number of carbonyl (C=O) groups excluding carboxylic acids is 1. The molecule has 3 aromatic heterocycles. The number of nitrogens with zero attached hydrogens (tertiary/aromatic N) is 2. The van der Waals surface area contributed by atoms with Crippen molar-refractivity contribution in [2.24, 2.45) is 0 Å². The van der Waals surface area contributed by atoms with E-state index in [1.54, 1.807) is 23.6 Å². The summed E-state index contributed by atoms with van der Waals surface area (Å²) in [6.45, 7) is -0.0629. The zero-order valence-corrected chi connectivity index (χ0v) is 12.4. The Kier molecular flexibility index (Phi) is 3.66. The minimum Gasteiger partial charge on any atom is -0.451 e. The van der Waals surface area contributed by atoms with E-state index in [1.807, 2.05) is 16.8 Å². The van der Waals surface area contributed by atoms with Crippen molar-refractivity contribution in [3.05, 3.63) is 45.1 Å². The highest BCUT2D eigenvalue weighted by Gasteiger charge is 2.13. The van der Waals surface area contributed by atoms with Gasteiger partial charge in [-0.2, -0.15) is 16.3 Å². The average molecular weight is 354 g/mol. The van der Waals surface area contributed by atoms with Crippen LogP contribution in [0.3, 0.4) is 0 Å². The minimum atomic E-state index is -0.481. The third-order valence-electron chi connectivity index (χ3n) is 2.44. The van der Waals surface area contributed by atoms with E-state index in [0.29, 0.717) is 11.5 Å². The van der Waals surface area contributed by atoms with Gasteiger partial charge in [0.1, 0.15) is 5.69 Å². The summed E-state index contributed by atoms with van der Waals surface area (Å²) in [5, 5.41) is 7.67. The number of hydrogen-bond donors (Lipinski definition) is 1. The second-order valence-electron chi connectivity index (χ2n) is 3.83. The Balaban J connectivity index is 1.63. The normalized spacial score (nSPS) is 10.7. The van der Waals surface area contributed by atoms with Gasteiger partial charge in [-0.3, -0.25) is 0 Å². The summed E-state index contributed by atoms with van der Waals surface area (Å²) in [4.78, 5) is 18.6. The summed E-state index contributed by atoms with van der Waals surface area (Å²) in [5.41, 5.74) is 1.24. The van der Waals surface area contributed by atoms with E-state index in [2.05, 4.69) is 31.1 Å². The van der Waals surface area contributed by atoms with Gasteiger partial charge in [0.05, 0.1) is 0 Å². The number of hydrogen-bond acceptors (Lipinski definition) is 6. The Labute approximate surface area is 125 Å². The molecule has 20 heavy (non-hydrogen) atoms. The first kappa shape index (κ1) is 13.1. The lowest BCUT2D eigenvalue weighted by molar-refractivity contribution is 0.0423. The number of thiophene rings is 1. The Morgan fingerprint density at radius 3 is 3.15 bits per heavy atom. The second-order valence-corrected chi connectivity index (χ2v) is 5.53. The number of carbonyl (C=O) groups is 1. The molecule has 3 rings (SSSR count). The van der Waals surface area contributed by atoms with Crippen LogP contribution in [0.25, 0.3) is 11.4 Å². The molecule has 0 aromatic carbocycles. The molecule has 0 amide bonds. The van der Waals surface area contributed by atoms with Crippen molar-refractivity contribution in [2.75, 3.05) is 0 Å².